The number of halogens is 1. The highest BCUT2D eigenvalue weighted by Gasteiger charge is 2.28. The normalized spacial score (nSPS) is 14.4. The van der Waals surface area contributed by atoms with Gasteiger partial charge < -0.3 is 14.8 Å². The fraction of sp³-hybridized carbons (Fsp3) is 0.300. The molecule has 1 fully saturated rings. The Labute approximate surface area is 160 Å². The van der Waals surface area contributed by atoms with E-state index in [-0.39, 0.29) is 11.9 Å². The van der Waals surface area contributed by atoms with Crippen molar-refractivity contribution in [2.24, 2.45) is 0 Å². The average molecular weight is 418 g/mol. The van der Waals surface area contributed by atoms with Gasteiger partial charge in [-0.05, 0) is 49.6 Å². The van der Waals surface area contributed by atoms with Gasteiger partial charge >= 0.3 is 5.97 Å². The third kappa shape index (κ3) is 5.08. The second kappa shape index (κ2) is 8.36. The average Bonchev–Trinajstić information content (AvgIpc) is 3.44. The highest BCUT2D eigenvalue weighted by molar-refractivity contribution is 9.10. The molecule has 3 rings (SSSR count). The molecule has 0 aromatic heterocycles. The molecule has 2 aromatic rings. The van der Waals surface area contributed by atoms with E-state index in [1.54, 1.807) is 31.2 Å². The predicted molar refractivity (Wildman–Crippen MR) is 101 cm³/mol. The molecule has 5 nitrogen and oxygen atoms in total. The Bertz CT molecular complexity index is 804. The molecule has 1 atom stereocenters. The number of rotatable bonds is 7. The Morgan fingerprint density at radius 1 is 1.19 bits per heavy atom. The van der Waals surface area contributed by atoms with Gasteiger partial charge in [-0.15, -0.1) is 0 Å². The van der Waals surface area contributed by atoms with Crippen LogP contribution in [0.15, 0.2) is 53.0 Å². The fourth-order valence-corrected chi connectivity index (χ4v) is 2.82. The number of carbonyl (C=O) groups excluding carboxylic acids is 2. The van der Waals surface area contributed by atoms with Crippen LogP contribution in [0, 0.1) is 0 Å². The molecule has 1 N–H and O–H groups in total. The standard InChI is InChI=1S/C20H20BrNO4/c1-13(19(23)22-16-9-10-16)26-20(24)17-7-2-3-8-18(17)25-12-14-5-4-6-15(21)11-14/h2-8,11,13,16H,9-10,12H2,1H3,(H,22,23)/t13-/m0/s1. The molecule has 0 bridgehead atoms. The quantitative estimate of drug-likeness (QED) is 0.694. The zero-order chi connectivity index (χ0) is 18.5. The van der Waals surface area contributed by atoms with Crippen molar-refractivity contribution in [1.29, 1.82) is 0 Å². The zero-order valence-electron chi connectivity index (χ0n) is 14.4. The predicted octanol–water partition coefficient (Wildman–Crippen LogP) is 3.85. The highest BCUT2D eigenvalue weighted by atomic mass is 79.9. The Hall–Kier alpha value is -2.34. The van der Waals surface area contributed by atoms with Gasteiger partial charge in [0, 0.05) is 10.5 Å². The summed E-state index contributed by atoms with van der Waals surface area (Å²) in [6.45, 7) is 1.89. The van der Waals surface area contributed by atoms with Crippen molar-refractivity contribution in [3.63, 3.8) is 0 Å². The molecule has 0 radical (unpaired) electrons. The first-order valence-corrected chi connectivity index (χ1v) is 9.30. The first-order valence-electron chi connectivity index (χ1n) is 8.50. The molecule has 1 saturated carbocycles. The summed E-state index contributed by atoms with van der Waals surface area (Å²) in [5, 5.41) is 2.83. The summed E-state index contributed by atoms with van der Waals surface area (Å²) in [5.74, 6) is -0.422. The van der Waals surface area contributed by atoms with Gasteiger partial charge in [-0.2, -0.15) is 0 Å². The number of hydrogen-bond acceptors (Lipinski definition) is 4. The van der Waals surface area contributed by atoms with Gasteiger partial charge in [0.1, 0.15) is 17.9 Å². The lowest BCUT2D eigenvalue weighted by molar-refractivity contribution is -0.129. The lowest BCUT2D eigenvalue weighted by Gasteiger charge is -2.15. The maximum absolute atomic E-state index is 12.5. The van der Waals surface area contributed by atoms with Gasteiger partial charge in [-0.3, -0.25) is 4.79 Å². The van der Waals surface area contributed by atoms with Gasteiger partial charge in [-0.25, -0.2) is 4.79 Å². The van der Waals surface area contributed by atoms with Gasteiger partial charge in [0.05, 0.1) is 0 Å². The third-order valence-electron chi connectivity index (χ3n) is 3.97. The van der Waals surface area contributed by atoms with E-state index >= 15 is 0 Å². The first kappa shape index (κ1) is 18.5. The topological polar surface area (TPSA) is 64.6 Å². The van der Waals surface area contributed by atoms with Crippen molar-refractivity contribution in [2.75, 3.05) is 0 Å². The van der Waals surface area contributed by atoms with Gasteiger partial charge in [0.2, 0.25) is 0 Å². The number of esters is 1. The van der Waals surface area contributed by atoms with E-state index in [1.807, 2.05) is 24.3 Å². The summed E-state index contributed by atoms with van der Waals surface area (Å²) in [4.78, 5) is 24.4. The molecule has 2 aromatic carbocycles. The van der Waals surface area contributed by atoms with Crippen molar-refractivity contribution >= 4 is 27.8 Å². The summed E-state index contributed by atoms with van der Waals surface area (Å²) < 4.78 is 12.1. The Morgan fingerprint density at radius 3 is 2.69 bits per heavy atom. The largest absolute Gasteiger partial charge is 0.488 e. The van der Waals surface area contributed by atoms with E-state index in [0.717, 1.165) is 22.9 Å². The van der Waals surface area contributed by atoms with Crippen LogP contribution >= 0.6 is 15.9 Å². The van der Waals surface area contributed by atoms with E-state index in [1.165, 1.54) is 0 Å². The van der Waals surface area contributed by atoms with E-state index in [0.29, 0.717) is 17.9 Å². The van der Waals surface area contributed by atoms with Crippen LogP contribution in [0.4, 0.5) is 0 Å². The number of benzene rings is 2. The van der Waals surface area contributed by atoms with Crippen LogP contribution in [0.3, 0.4) is 0 Å². The zero-order valence-corrected chi connectivity index (χ0v) is 16.0. The maximum atomic E-state index is 12.5. The number of hydrogen-bond donors (Lipinski definition) is 1. The molecule has 6 heteroatoms. The summed E-state index contributed by atoms with van der Waals surface area (Å²) in [7, 11) is 0. The summed E-state index contributed by atoms with van der Waals surface area (Å²) in [5.41, 5.74) is 1.27. The molecule has 1 aliphatic rings. The maximum Gasteiger partial charge on any atom is 0.342 e. The number of ether oxygens (including phenoxy) is 2. The van der Waals surface area contributed by atoms with E-state index < -0.39 is 12.1 Å². The van der Waals surface area contributed by atoms with Crippen LogP contribution < -0.4 is 10.1 Å². The molecular formula is C20H20BrNO4. The molecule has 0 aliphatic heterocycles. The minimum Gasteiger partial charge on any atom is -0.488 e. The first-order chi connectivity index (χ1) is 12.5. The van der Waals surface area contributed by atoms with Crippen LogP contribution in [-0.4, -0.2) is 24.0 Å². The Morgan fingerprint density at radius 2 is 1.96 bits per heavy atom. The summed E-state index contributed by atoms with van der Waals surface area (Å²) >= 11 is 3.42. The minimum absolute atomic E-state index is 0.226. The SMILES string of the molecule is C[C@H](OC(=O)c1ccccc1OCc1cccc(Br)c1)C(=O)NC1CC1. The lowest BCUT2D eigenvalue weighted by Crippen LogP contribution is -2.37. The molecule has 1 amide bonds. The van der Waals surface area contributed by atoms with Crippen molar-refractivity contribution in [2.45, 2.75) is 38.5 Å². The molecule has 0 heterocycles. The van der Waals surface area contributed by atoms with E-state index in [9.17, 15) is 9.59 Å². The lowest BCUT2D eigenvalue weighted by atomic mass is 10.2. The van der Waals surface area contributed by atoms with Gasteiger partial charge in [-0.1, -0.05) is 40.2 Å². The number of carbonyl (C=O) groups is 2. The van der Waals surface area contributed by atoms with Gasteiger partial charge in [0.15, 0.2) is 6.10 Å². The second-order valence-corrected chi connectivity index (χ2v) is 7.16. The minimum atomic E-state index is -0.846. The van der Waals surface area contributed by atoms with E-state index in [4.69, 9.17) is 9.47 Å². The molecule has 0 unspecified atom stereocenters. The highest BCUT2D eigenvalue weighted by Crippen LogP contribution is 2.22. The van der Waals surface area contributed by atoms with Crippen LogP contribution in [0.25, 0.3) is 0 Å². The van der Waals surface area contributed by atoms with Crippen LogP contribution in [0.1, 0.15) is 35.7 Å². The Balaban J connectivity index is 1.63. The van der Waals surface area contributed by atoms with Crippen LogP contribution in [0.2, 0.25) is 0 Å². The monoisotopic (exact) mass is 417 g/mol. The fourth-order valence-electron chi connectivity index (χ4n) is 2.37. The van der Waals surface area contributed by atoms with Crippen LogP contribution in [0.5, 0.6) is 5.75 Å². The molecule has 0 spiro atoms. The van der Waals surface area contributed by atoms with Gasteiger partial charge in [0.25, 0.3) is 5.91 Å². The van der Waals surface area contributed by atoms with E-state index in [2.05, 4.69) is 21.2 Å². The third-order valence-corrected chi connectivity index (χ3v) is 4.46. The molecule has 26 heavy (non-hydrogen) atoms. The second-order valence-electron chi connectivity index (χ2n) is 6.25. The molecule has 136 valence electrons. The number of nitrogens with one attached hydrogen (secondary N) is 1. The van der Waals surface area contributed by atoms with Crippen molar-refractivity contribution in [3.05, 3.63) is 64.1 Å². The number of para-hydroxylation sites is 1. The van der Waals surface area contributed by atoms with Crippen LogP contribution in [-0.2, 0) is 16.1 Å². The molecular weight excluding hydrogens is 398 g/mol. The number of amides is 1. The summed E-state index contributed by atoms with van der Waals surface area (Å²) in [6, 6.07) is 14.8. The van der Waals surface area contributed by atoms with Crippen molar-refractivity contribution < 1.29 is 19.1 Å². The molecule has 0 saturated heterocycles. The Kier molecular flexibility index (Phi) is 5.93. The van der Waals surface area contributed by atoms with Crippen molar-refractivity contribution in [3.8, 4) is 5.75 Å². The smallest absolute Gasteiger partial charge is 0.342 e. The molecule has 1 aliphatic carbocycles. The summed E-state index contributed by atoms with van der Waals surface area (Å²) in [6.07, 6.45) is 1.12. The van der Waals surface area contributed by atoms with Crippen molar-refractivity contribution in [1.82, 2.24) is 5.32 Å².